The third kappa shape index (κ3) is 1.93. The molecule has 14 heavy (non-hydrogen) atoms. The Labute approximate surface area is 83.3 Å². The van der Waals surface area contributed by atoms with Crippen LogP contribution in [0.2, 0.25) is 0 Å². The van der Waals surface area contributed by atoms with Gasteiger partial charge in [-0.05, 0) is 30.5 Å². The van der Waals surface area contributed by atoms with Gasteiger partial charge in [0.1, 0.15) is 0 Å². The van der Waals surface area contributed by atoms with Gasteiger partial charge in [0.05, 0.1) is 7.11 Å². The third-order valence-corrected chi connectivity index (χ3v) is 2.24. The number of hydrogen-bond acceptors (Lipinski definition) is 3. The monoisotopic (exact) mass is 194 g/mol. The molecular weight excluding hydrogens is 180 g/mol. The Bertz CT molecular complexity index is 324. The highest BCUT2D eigenvalue weighted by Crippen LogP contribution is 2.22. The lowest BCUT2D eigenvalue weighted by Crippen LogP contribution is -2.15. The molecule has 1 N–H and O–H groups in total. The number of carbonyl (C=O) groups excluding carboxylic acids is 1. The van der Waals surface area contributed by atoms with Crippen molar-refractivity contribution in [2.24, 2.45) is 0 Å². The average Bonchev–Trinajstić information content (AvgIpc) is 2.16. The summed E-state index contributed by atoms with van der Waals surface area (Å²) < 4.78 is 4.49. The SMILES string of the molecule is COC(=O)C(O)c1c(C)cccc1C. The highest BCUT2D eigenvalue weighted by atomic mass is 16.5. The van der Waals surface area contributed by atoms with Gasteiger partial charge >= 0.3 is 5.97 Å². The summed E-state index contributed by atoms with van der Waals surface area (Å²) in [6.07, 6.45) is -1.18. The Kier molecular flexibility index (Phi) is 3.25. The van der Waals surface area contributed by atoms with E-state index in [1.807, 2.05) is 32.0 Å². The number of aliphatic hydroxyl groups is 1. The summed E-state index contributed by atoms with van der Waals surface area (Å²) in [7, 11) is 1.26. The van der Waals surface area contributed by atoms with E-state index in [1.54, 1.807) is 0 Å². The van der Waals surface area contributed by atoms with Crippen molar-refractivity contribution in [3.8, 4) is 0 Å². The molecule has 76 valence electrons. The molecule has 0 saturated heterocycles. The highest BCUT2D eigenvalue weighted by molar-refractivity contribution is 5.77. The maximum atomic E-state index is 11.1. The second-order valence-electron chi connectivity index (χ2n) is 3.23. The van der Waals surface area contributed by atoms with Gasteiger partial charge in [-0.25, -0.2) is 4.79 Å². The Morgan fingerprint density at radius 3 is 2.29 bits per heavy atom. The first-order valence-corrected chi connectivity index (χ1v) is 4.40. The lowest BCUT2D eigenvalue weighted by atomic mass is 9.98. The molecule has 1 aromatic rings. The molecular formula is C11H14O3. The van der Waals surface area contributed by atoms with Crippen LogP contribution in [0.15, 0.2) is 18.2 Å². The quantitative estimate of drug-likeness (QED) is 0.726. The molecule has 0 fully saturated rings. The second kappa shape index (κ2) is 4.24. The molecule has 1 aromatic carbocycles. The first-order valence-electron chi connectivity index (χ1n) is 4.40. The van der Waals surface area contributed by atoms with Gasteiger partial charge in [0.15, 0.2) is 6.10 Å². The van der Waals surface area contributed by atoms with Crippen molar-refractivity contribution in [2.75, 3.05) is 7.11 Å². The van der Waals surface area contributed by atoms with Crippen LogP contribution in [0.3, 0.4) is 0 Å². The topological polar surface area (TPSA) is 46.5 Å². The molecule has 0 aromatic heterocycles. The Hall–Kier alpha value is -1.35. The van der Waals surface area contributed by atoms with Crippen LogP contribution < -0.4 is 0 Å². The van der Waals surface area contributed by atoms with Gasteiger partial charge in [0.25, 0.3) is 0 Å². The van der Waals surface area contributed by atoms with Crippen molar-refractivity contribution in [3.63, 3.8) is 0 Å². The van der Waals surface area contributed by atoms with Crippen molar-refractivity contribution in [3.05, 3.63) is 34.9 Å². The molecule has 0 amide bonds. The van der Waals surface area contributed by atoms with Crippen molar-refractivity contribution in [2.45, 2.75) is 20.0 Å². The molecule has 0 aliphatic carbocycles. The molecule has 0 saturated carbocycles. The normalized spacial score (nSPS) is 12.3. The Morgan fingerprint density at radius 1 is 1.36 bits per heavy atom. The molecule has 0 heterocycles. The number of aliphatic hydroxyl groups excluding tert-OH is 1. The number of methoxy groups -OCH3 is 1. The number of aryl methyl sites for hydroxylation is 2. The van der Waals surface area contributed by atoms with E-state index >= 15 is 0 Å². The number of hydrogen-bond donors (Lipinski definition) is 1. The zero-order valence-corrected chi connectivity index (χ0v) is 8.57. The van der Waals surface area contributed by atoms with Crippen molar-refractivity contribution >= 4 is 5.97 Å². The van der Waals surface area contributed by atoms with Gasteiger partial charge in [0, 0.05) is 0 Å². The fourth-order valence-corrected chi connectivity index (χ4v) is 1.49. The van der Waals surface area contributed by atoms with Gasteiger partial charge < -0.3 is 9.84 Å². The van der Waals surface area contributed by atoms with E-state index in [0.717, 1.165) is 11.1 Å². The number of benzene rings is 1. The van der Waals surface area contributed by atoms with Crippen molar-refractivity contribution < 1.29 is 14.6 Å². The zero-order valence-electron chi connectivity index (χ0n) is 8.57. The van der Waals surface area contributed by atoms with Crippen LogP contribution in [0, 0.1) is 13.8 Å². The van der Waals surface area contributed by atoms with Crippen LogP contribution in [0.5, 0.6) is 0 Å². The van der Waals surface area contributed by atoms with Gasteiger partial charge in [-0.1, -0.05) is 18.2 Å². The van der Waals surface area contributed by atoms with E-state index < -0.39 is 12.1 Å². The van der Waals surface area contributed by atoms with Gasteiger partial charge in [-0.15, -0.1) is 0 Å². The summed E-state index contributed by atoms with van der Waals surface area (Å²) in [5.74, 6) is -0.623. The summed E-state index contributed by atoms with van der Waals surface area (Å²) in [6, 6.07) is 5.60. The van der Waals surface area contributed by atoms with Crippen LogP contribution in [0.25, 0.3) is 0 Å². The van der Waals surface area contributed by atoms with Crippen LogP contribution in [-0.2, 0) is 9.53 Å². The standard InChI is InChI=1S/C11H14O3/c1-7-5-4-6-8(2)9(7)10(12)11(13)14-3/h4-6,10,12H,1-3H3. The minimum atomic E-state index is -1.18. The van der Waals surface area contributed by atoms with E-state index in [2.05, 4.69) is 4.74 Å². The molecule has 0 bridgehead atoms. The molecule has 3 heteroatoms. The second-order valence-corrected chi connectivity index (χ2v) is 3.23. The van der Waals surface area contributed by atoms with Crippen LogP contribution >= 0.6 is 0 Å². The Balaban J connectivity index is 3.11. The van der Waals surface area contributed by atoms with E-state index in [1.165, 1.54) is 7.11 Å². The van der Waals surface area contributed by atoms with Crippen LogP contribution in [0.4, 0.5) is 0 Å². The van der Waals surface area contributed by atoms with E-state index in [9.17, 15) is 9.90 Å². The van der Waals surface area contributed by atoms with Crippen molar-refractivity contribution in [1.82, 2.24) is 0 Å². The lowest BCUT2D eigenvalue weighted by Gasteiger charge is -2.14. The number of carbonyl (C=O) groups is 1. The number of ether oxygens (including phenoxy) is 1. The van der Waals surface area contributed by atoms with Gasteiger partial charge in [0.2, 0.25) is 0 Å². The first kappa shape index (κ1) is 10.7. The third-order valence-electron chi connectivity index (χ3n) is 2.24. The highest BCUT2D eigenvalue weighted by Gasteiger charge is 2.21. The number of rotatable bonds is 2. The number of esters is 1. The molecule has 0 aliphatic rings. The summed E-state index contributed by atoms with van der Waals surface area (Å²) >= 11 is 0. The maximum absolute atomic E-state index is 11.1. The fraction of sp³-hybridized carbons (Fsp3) is 0.364. The summed E-state index contributed by atoms with van der Waals surface area (Å²) in [6.45, 7) is 3.71. The van der Waals surface area contributed by atoms with Crippen LogP contribution in [-0.4, -0.2) is 18.2 Å². The zero-order chi connectivity index (χ0) is 10.7. The molecule has 0 radical (unpaired) electrons. The molecule has 1 unspecified atom stereocenters. The summed E-state index contributed by atoms with van der Waals surface area (Å²) in [4.78, 5) is 11.1. The predicted octanol–water partition coefficient (Wildman–Crippen LogP) is 1.51. The maximum Gasteiger partial charge on any atom is 0.339 e. The van der Waals surface area contributed by atoms with Crippen LogP contribution in [0.1, 0.15) is 22.8 Å². The molecule has 1 rings (SSSR count). The molecule has 3 nitrogen and oxygen atoms in total. The molecule has 0 aliphatic heterocycles. The Morgan fingerprint density at radius 2 is 1.86 bits per heavy atom. The van der Waals surface area contributed by atoms with Crippen molar-refractivity contribution in [1.29, 1.82) is 0 Å². The fourth-order valence-electron chi connectivity index (χ4n) is 1.49. The van der Waals surface area contributed by atoms with E-state index in [0.29, 0.717) is 5.56 Å². The summed E-state index contributed by atoms with van der Waals surface area (Å²) in [5.41, 5.74) is 2.42. The lowest BCUT2D eigenvalue weighted by molar-refractivity contribution is -0.150. The first-order chi connectivity index (χ1) is 6.57. The minimum absolute atomic E-state index is 0.623. The largest absolute Gasteiger partial charge is 0.467 e. The van der Waals surface area contributed by atoms with Gasteiger partial charge in [-0.3, -0.25) is 0 Å². The van der Waals surface area contributed by atoms with Gasteiger partial charge in [-0.2, -0.15) is 0 Å². The average molecular weight is 194 g/mol. The molecule has 1 atom stereocenters. The van der Waals surface area contributed by atoms with E-state index in [4.69, 9.17) is 0 Å². The predicted molar refractivity (Wildman–Crippen MR) is 52.9 cm³/mol. The minimum Gasteiger partial charge on any atom is -0.467 e. The molecule has 0 spiro atoms. The van der Waals surface area contributed by atoms with E-state index in [-0.39, 0.29) is 0 Å². The summed E-state index contributed by atoms with van der Waals surface area (Å²) in [5, 5.41) is 9.68. The smallest absolute Gasteiger partial charge is 0.339 e.